The molecule has 2 atom stereocenters. The largest absolute Gasteiger partial charge is 0.342 e. The monoisotopic (exact) mass is 243 g/mol. The maximum atomic E-state index is 6.06. The van der Waals surface area contributed by atoms with Crippen molar-refractivity contribution in [1.29, 1.82) is 0 Å². The van der Waals surface area contributed by atoms with Crippen molar-refractivity contribution in [2.24, 2.45) is 5.73 Å². The number of aryl methyl sites for hydroxylation is 2. The first-order chi connectivity index (χ1) is 8.63. The molecule has 96 valence electrons. The third-order valence-electron chi connectivity index (χ3n) is 4.22. The minimum Gasteiger partial charge on any atom is -0.342 e. The predicted molar refractivity (Wildman–Crippen MR) is 74.8 cm³/mol. The summed E-state index contributed by atoms with van der Waals surface area (Å²) < 4.78 is 0. The van der Waals surface area contributed by atoms with Crippen molar-refractivity contribution in [2.75, 3.05) is 0 Å². The van der Waals surface area contributed by atoms with Gasteiger partial charge >= 0.3 is 0 Å². The molecule has 3 nitrogen and oxygen atoms in total. The second-order valence-electron chi connectivity index (χ2n) is 5.70. The Labute approximate surface area is 108 Å². The number of nitrogens with zero attached hydrogens (tertiary/aromatic N) is 1. The molecule has 3 rings (SSSR count). The zero-order valence-electron chi connectivity index (χ0n) is 11.2. The van der Waals surface area contributed by atoms with Gasteiger partial charge in [0.05, 0.1) is 11.0 Å². The Kier molecular flexibility index (Phi) is 2.86. The number of rotatable bonds is 1. The molecule has 2 unspecified atom stereocenters. The van der Waals surface area contributed by atoms with Gasteiger partial charge in [0.2, 0.25) is 0 Å². The molecule has 18 heavy (non-hydrogen) atoms. The fourth-order valence-corrected chi connectivity index (χ4v) is 2.96. The average Bonchev–Trinajstić information content (AvgIpc) is 2.73. The van der Waals surface area contributed by atoms with Gasteiger partial charge in [-0.1, -0.05) is 6.42 Å². The number of nitrogens with one attached hydrogen (secondary N) is 1. The molecule has 0 saturated heterocycles. The first kappa shape index (κ1) is 11.7. The van der Waals surface area contributed by atoms with Crippen LogP contribution in [-0.4, -0.2) is 16.0 Å². The van der Waals surface area contributed by atoms with Crippen LogP contribution in [-0.2, 0) is 0 Å². The van der Waals surface area contributed by atoms with Gasteiger partial charge in [0.25, 0.3) is 0 Å². The first-order valence-electron chi connectivity index (χ1n) is 6.86. The molecule has 0 bridgehead atoms. The normalized spacial score (nSPS) is 24.6. The molecular weight excluding hydrogens is 222 g/mol. The van der Waals surface area contributed by atoms with Crippen LogP contribution in [0.15, 0.2) is 12.1 Å². The second kappa shape index (κ2) is 4.39. The van der Waals surface area contributed by atoms with Gasteiger partial charge in [-0.15, -0.1) is 0 Å². The van der Waals surface area contributed by atoms with Crippen LogP contribution >= 0.6 is 0 Å². The van der Waals surface area contributed by atoms with Gasteiger partial charge < -0.3 is 10.7 Å². The van der Waals surface area contributed by atoms with E-state index in [-0.39, 0.29) is 0 Å². The molecule has 2 aromatic rings. The van der Waals surface area contributed by atoms with E-state index in [1.165, 1.54) is 24.0 Å². The van der Waals surface area contributed by atoms with E-state index in [1.54, 1.807) is 0 Å². The minimum atomic E-state index is 0.348. The van der Waals surface area contributed by atoms with Crippen LogP contribution in [0.1, 0.15) is 48.6 Å². The summed E-state index contributed by atoms with van der Waals surface area (Å²) in [4.78, 5) is 8.25. The third-order valence-corrected chi connectivity index (χ3v) is 4.22. The summed E-state index contributed by atoms with van der Waals surface area (Å²) in [5.74, 6) is 1.65. The van der Waals surface area contributed by atoms with Crippen LogP contribution in [0.2, 0.25) is 0 Å². The molecule has 0 amide bonds. The number of benzene rings is 1. The molecule has 1 fully saturated rings. The molecule has 1 aliphatic rings. The van der Waals surface area contributed by atoms with Gasteiger partial charge in [-0.05, 0) is 56.4 Å². The summed E-state index contributed by atoms with van der Waals surface area (Å²) in [6.45, 7) is 4.28. The van der Waals surface area contributed by atoms with Gasteiger partial charge in [0.15, 0.2) is 0 Å². The molecule has 1 heterocycles. The molecule has 1 aromatic carbocycles. The Morgan fingerprint density at radius 1 is 1.22 bits per heavy atom. The quantitative estimate of drug-likeness (QED) is 0.808. The number of aromatic amines is 1. The highest BCUT2D eigenvalue weighted by Crippen LogP contribution is 2.31. The summed E-state index contributed by atoms with van der Waals surface area (Å²) in [5.41, 5.74) is 10.9. The molecule has 1 saturated carbocycles. The zero-order chi connectivity index (χ0) is 12.7. The minimum absolute atomic E-state index is 0.348. The molecule has 3 heteroatoms. The van der Waals surface area contributed by atoms with E-state index in [0.717, 1.165) is 29.7 Å². The molecule has 0 radical (unpaired) electrons. The van der Waals surface area contributed by atoms with Gasteiger partial charge in [-0.25, -0.2) is 4.98 Å². The van der Waals surface area contributed by atoms with Crippen LogP contribution in [0.5, 0.6) is 0 Å². The van der Waals surface area contributed by atoms with Crippen molar-refractivity contribution >= 4 is 11.0 Å². The summed E-state index contributed by atoms with van der Waals surface area (Å²) in [6, 6.07) is 4.72. The van der Waals surface area contributed by atoms with Crippen molar-refractivity contribution in [2.45, 2.75) is 51.5 Å². The number of fused-ring (bicyclic) bond motifs is 1. The van der Waals surface area contributed by atoms with Crippen LogP contribution in [0, 0.1) is 13.8 Å². The number of nitrogens with two attached hydrogens (primary N) is 1. The first-order valence-corrected chi connectivity index (χ1v) is 6.86. The topological polar surface area (TPSA) is 54.7 Å². The maximum Gasteiger partial charge on any atom is 0.110 e. The van der Waals surface area contributed by atoms with Gasteiger partial charge in [0, 0.05) is 12.0 Å². The zero-order valence-corrected chi connectivity index (χ0v) is 11.2. The molecule has 0 aliphatic heterocycles. The Bertz CT molecular complexity index is 531. The Hall–Kier alpha value is -1.35. The Balaban J connectivity index is 1.97. The van der Waals surface area contributed by atoms with Crippen molar-refractivity contribution < 1.29 is 0 Å². The lowest BCUT2D eigenvalue weighted by Crippen LogP contribution is -2.27. The summed E-state index contributed by atoms with van der Waals surface area (Å²) in [7, 11) is 0. The lowest BCUT2D eigenvalue weighted by atomic mass is 9.86. The van der Waals surface area contributed by atoms with Crippen LogP contribution in [0.3, 0.4) is 0 Å². The van der Waals surface area contributed by atoms with E-state index in [4.69, 9.17) is 10.7 Å². The van der Waals surface area contributed by atoms with Crippen molar-refractivity contribution in [3.8, 4) is 0 Å². The van der Waals surface area contributed by atoms with Gasteiger partial charge in [-0.2, -0.15) is 0 Å². The van der Waals surface area contributed by atoms with E-state index in [9.17, 15) is 0 Å². The highest BCUT2D eigenvalue weighted by Gasteiger charge is 2.23. The summed E-state index contributed by atoms with van der Waals surface area (Å²) in [6.07, 6.45) is 4.67. The Morgan fingerprint density at radius 2 is 2.00 bits per heavy atom. The van der Waals surface area contributed by atoms with Crippen molar-refractivity contribution in [1.82, 2.24) is 9.97 Å². The number of imidazole rings is 1. The van der Waals surface area contributed by atoms with E-state index in [2.05, 4.69) is 31.0 Å². The number of H-pyrrole nitrogens is 1. The summed E-state index contributed by atoms with van der Waals surface area (Å²) >= 11 is 0. The van der Waals surface area contributed by atoms with Gasteiger partial charge in [0.1, 0.15) is 5.82 Å². The summed E-state index contributed by atoms with van der Waals surface area (Å²) in [5, 5.41) is 0. The fourth-order valence-electron chi connectivity index (χ4n) is 2.96. The molecular formula is C15H21N3. The highest BCUT2D eigenvalue weighted by molar-refractivity contribution is 5.77. The fraction of sp³-hybridized carbons (Fsp3) is 0.533. The molecule has 1 aromatic heterocycles. The van der Waals surface area contributed by atoms with Crippen LogP contribution < -0.4 is 5.73 Å². The van der Waals surface area contributed by atoms with Crippen molar-refractivity contribution in [3.63, 3.8) is 0 Å². The molecule has 0 spiro atoms. The predicted octanol–water partition coefficient (Wildman–Crippen LogP) is 3.16. The Morgan fingerprint density at radius 3 is 2.78 bits per heavy atom. The SMILES string of the molecule is Cc1cc2nc(C3CCCC(N)C3)[nH]c2cc1C. The number of aromatic nitrogens is 2. The lowest BCUT2D eigenvalue weighted by molar-refractivity contribution is 0.384. The van der Waals surface area contributed by atoms with Gasteiger partial charge in [-0.3, -0.25) is 0 Å². The van der Waals surface area contributed by atoms with Crippen molar-refractivity contribution in [3.05, 3.63) is 29.1 Å². The second-order valence-corrected chi connectivity index (χ2v) is 5.70. The molecule has 1 aliphatic carbocycles. The lowest BCUT2D eigenvalue weighted by Gasteiger charge is -2.24. The van der Waals surface area contributed by atoms with E-state index >= 15 is 0 Å². The van der Waals surface area contributed by atoms with Crippen LogP contribution in [0.4, 0.5) is 0 Å². The number of hydrogen-bond donors (Lipinski definition) is 2. The van der Waals surface area contributed by atoms with Crippen LogP contribution in [0.25, 0.3) is 11.0 Å². The standard InChI is InChI=1S/C15H21N3/c1-9-6-13-14(7-10(9)2)18-15(17-13)11-4-3-5-12(16)8-11/h6-7,11-12H,3-5,8,16H2,1-2H3,(H,17,18). The molecule has 3 N–H and O–H groups in total. The third kappa shape index (κ3) is 2.03. The van der Waals surface area contributed by atoms with E-state index < -0.39 is 0 Å². The average molecular weight is 243 g/mol. The highest BCUT2D eigenvalue weighted by atomic mass is 14.9. The maximum absolute atomic E-state index is 6.06. The number of hydrogen-bond acceptors (Lipinski definition) is 2. The van der Waals surface area contributed by atoms with E-state index in [1.807, 2.05) is 0 Å². The smallest absolute Gasteiger partial charge is 0.110 e. The van der Waals surface area contributed by atoms with E-state index in [0.29, 0.717) is 12.0 Å².